The van der Waals surface area contributed by atoms with Gasteiger partial charge in [0, 0.05) is 10.9 Å². The van der Waals surface area contributed by atoms with Gasteiger partial charge in [-0.3, -0.25) is 4.79 Å². The maximum Gasteiger partial charge on any atom is 0.265 e. The molecule has 2 aromatic rings. The second kappa shape index (κ2) is 6.62. The molecule has 1 aliphatic rings. The lowest BCUT2D eigenvalue weighted by atomic mass is 9.90. The first-order chi connectivity index (χ1) is 11.1. The van der Waals surface area contributed by atoms with Gasteiger partial charge in [-0.1, -0.05) is 6.92 Å². The molecule has 0 aliphatic heterocycles. The van der Waals surface area contributed by atoms with E-state index in [0.717, 1.165) is 17.7 Å². The van der Waals surface area contributed by atoms with Crippen LogP contribution in [0.5, 0.6) is 11.5 Å². The summed E-state index contributed by atoms with van der Waals surface area (Å²) in [6, 6.07) is 7.40. The van der Waals surface area contributed by atoms with E-state index in [0.29, 0.717) is 23.1 Å². The normalized spacial score (nSPS) is 16.6. The minimum absolute atomic E-state index is 0.0939. The van der Waals surface area contributed by atoms with Gasteiger partial charge in [0.25, 0.3) is 5.91 Å². The van der Waals surface area contributed by atoms with Crippen molar-refractivity contribution in [2.45, 2.75) is 26.2 Å². The van der Waals surface area contributed by atoms with Crippen LogP contribution in [0.15, 0.2) is 24.3 Å². The molecule has 1 amide bonds. The molecule has 0 fully saturated rings. The lowest BCUT2D eigenvalue weighted by Crippen LogP contribution is -2.11. The fourth-order valence-corrected chi connectivity index (χ4v) is 4.02. The number of carbonyl (C=O) groups excluding carboxylic acids is 1. The maximum absolute atomic E-state index is 12.6. The predicted octanol–water partition coefficient (Wildman–Crippen LogP) is 4.14. The summed E-state index contributed by atoms with van der Waals surface area (Å²) in [7, 11) is 3.19. The van der Waals surface area contributed by atoms with Gasteiger partial charge in [-0.05, 0) is 48.9 Å². The van der Waals surface area contributed by atoms with Crippen LogP contribution in [0.25, 0.3) is 0 Å². The molecule has 0 radical (unpaired) electrons. The summed E-state index contributed by atoms with van der Waals surface area (Å²) in [5.74, 6) is 1.91. The van der Waals surface area contributed by atoms with Crippen LogP contribution in [0.4, 0.5) is 5.69 Å². The minimum atomic E-state index is -0.0939. The van der Waals surface area contributed by atoms with Crippen molar-refractivity contribution in [2.24, 2.45) is 5.92 Å². The Morgan fingerprint density at radius 2 is 2.09 bits per heavy atom. The molecule has 1 atom stereocenters. The zero-order valence-electron chi connectivity index (χ0n) is 13.6. The molecule has 0 bridgehead atoms. The second-order valence-corrected chi connectivity index (χ2v) is 7.06. The molecular formula is C18H21NO3S. The number of benzene rings is 1. The lowest BCUT2D eigenvalue weighted by molar-refractivity contribution is 0.103. The Labute approximate surface area is 140 Å². The van der Waals surface area contributed by atoms with Crippen LogP contribution in [0.2, 0.25) is 0 Å². The summed E-state index contributed by atoms with van der Waals surface area (Å²) >= 11 is 1.60. The number of nitrogens with one attached hydrogen (secondary N) is 1. The van der Waals surface area contributed by atoms with Crippen molar-refractivity contribution in [3.8, 4) is 11.5 Å². The number of methoxy groups -OCH3 is 2. The Morgan fingerprint density at radius 3 is 2.83 bits per heavy atom. The molecule has 1 heterocycles. The van der Waals surface area contributed by atoms with Crippen LogP contribution >= 0.6 is 11.3 Å². The van der Waals surface area contributed by atoms with Gasteiger partial charge in [0.05, 0.1) is 24.8 Å². The highest BCUT2D eigenvalue weighted by molar-refractivity contribution is 7.14. The van der Waals surface area contributed by atoms with Gasteiger partial charge < -0.3 is 14.8 Å². The van der Waals surface area contributed by atoms with Crippen molar-refractivity contribution < 1.29 is 14.3 Å². The number of carbonyl (C=O) groups is 1. The van der Waals surface area contributed by atoms with Gasteiger partial charge in [0.2, 0.25) is 0 Å². The number of amides is 1. The molecule has 0 saturated heterocycles. The smallest absolute Gasteiger partial charge is 0.265 e. The van der Waals surface area contributed by atoms with Crippen molar-refractivity contribution in [2.75, 3.05) is 19.5 Å². The van der Waals surface area contributed by atoms with E-state index in [1.165, 1.54) is 16.9 Å². The van der Waals surface area contributed by atoms with E-state index in [-0.39, 0.29) is 5.91 Å². The highest BCUT2D eigenvalue weighted by Crippen LogP contribution is 2.34. The average Bonchev–Trinajstić information content (AvgIpc) is 2.98. The molecular weight excluding hydrogens is 310 g/mol. The van der Waals surface area contributed by atoms with Crippen LogP contribution in [-0.4, -0.2) is 20.1 Å². The van der Waals surface area contributed by atoms with Crippen LogP contribution in [0, 0.1) is 5.92 Å². The highest BCUT2D eigenvalue weighted by atomic mass is 32.1. The van der Waals surface area contributed by atoms with E-state index in [1.807, 2.05) is 6.07 Å². The van der Waals surface area contributed by atoms with Crippen molar-refractivity contribution in [1.82, 2.24) is 0 Å². The topological polar surface area (TPSA) is 47.6 Å². The first-order valence-electron chi connectivity index (χ1n) is 7.75. The molecule has 1 N–H and O–H groups in total. The van der Waals surface area contributed by atoms with Gasteiger partial charge in [0.1, 0.15) is 11.5 Å². The molecule has 4 nitrogen and oxygen atoms in total. The van der Waals surface area contributed by atoms with Gasteiger partial charge in [0.15, 0.2) is 0 Å². The maximum atomic E-state index is 12.6. The number of hydrogen-bond donors (Lipinski definition) is 1. The standard InChI is InChI=1S/C18H21NO3S/c1-11-4-7-16-12(8-11)9-17(23-16)18(20)19-14-10-13(21-2)5-6-15(14)22-3/h5-6,9-11H,4,7-8H2,1-3H3,(H,19,20). The van der Waals surface area contributed by atoms with E-state index < -0.39 is 0 Å². The number of ether oxygens (including phenoxy) is 2. The van der Waals surface area contributed by atoms with Gasteiger partial charge in [-0.2, -0.15) is 0 Å². The third-order valence-electron chi connectivity index (χ3n) is 4.21. The quantitative estimate of drug-likeness (QED) is 0.916. The lowest BCUT2D eigenvalue weighted by Gasteiger charge is -2.16. The van der Waals surface area contributed by atoms with E-state index in [9.17, 15) is 4.79 Å². The number of rotatable bonds is 4. The molecule has 1 aromatic heterocycles. The summed E-state index contributed by atoms with van der Waals surface area (Å²) in [4.78, 5) is 14.7. The summed E-state index contributed by atoms with van der Waals surface area (Å²) in [5.41, 5.74) is 1.95. The number of anilines is 1. The Morgan fingerprint density at radius 1 is 1.26 bits per heavy atom. The SMILES string of the molecule is COc1ccc(OC)c(NC(=O)c2cc3c(s2)CCC(C)C3)c1. The zero-order chi connectivity index (χ0) is 16.4. The van der Waals surface area contributed by atoms with Gasteiger partial charge in [-0.15, -0.1) is 11.3 Å². The van der Waals surface area contributed by atoms with Crippen molar-refractivity contribution in [1.29, 1.82) is 0 Å². The second-order valence-electron chi connectivity index (χ2n) is 5.93. The van der Waals surface area contributed by atoms with E-state index in [1.54, 1.807) is 43.8 Å². The Hall–Kier alpha value is -2.01. The fourth-order valence-electron chi connectivity index (χ4n) is 2.91. The third kappa shape index (κ3) is 3.34. The van der Waals surface area contributed by atoms with E-state index in [2.05, 4.69) is 12.2 Å². The van der Waals surface area contributed by atoms with Crippen LogP contribution in [0.3, 0.4) is 0 Å². The number of hydrogen-bond acceptors (Lipinski definition) is 4. The van der Waals surface area contributed by atoms with Gasteiger partial charge >= 0.3 is 0 Å². The molecule has 5 heteroatoms. The van der Waals surface area contributed by atoms with Gasteiger partial charge in [-0.25, -0.2) is 0 Å². The van der Waals surface area contributed by atoms with Crippen LogP contribution in [-0.2, 0) is 12.8 Å². The Kier molecular flexibility index (Phi) is 4.57. The zero-order valence-corrected chi connectivity index (χ0v) is 14.5. The third-order valence-corrected chi connectivity index (χ3v) is 5.44. The number of fused-ring (bicyclic) bond motifs is 1. The molecule has 122 valence electrons. The molecule has 3 rings (SSSR count). The summed E-state index contributed by atoms with van der Waals surface area (Å²) in [5, 5.41) is 2.94. The largest absolute Gasteiger partial charge is 0.497 e. The van der Waals surface area contributed by atoms with Crippen LogP contribution in [0.1, 0.15) is 33.5 Å². The molecule has 23 heavy (non-hydrogen) atoms. The fraction of sp³-hybridized carbons (Fsp3) is 0.389. The summed E-state index contributed by atoms with van der Waals surface area (Å²) in [6.45, 7) is 2.27. The van der Waals surface area contributed by atoms with Crippen molar-refractivity contribution in [3.05, 3.63) is 39.6 Å². The highest BCUT2D eigenvalue weighted by Gasteiger charge is 2.21. The monoisotopic (exact) mass is 331 g/mol. The molecule has 0 saturated carbocycles. The van der Waals surface area contributed by atoms with Crippen LogP contribution < -0.4 is 14.8 Å². The number of thiophene rings is 1. The Bertz CT molecular complexity index is 723. The summed E-state index contributed by atoms with van der Waals surface area (Å²) in [6.07, 6.45) is 3.36. The first kappa shape index (κ1) is 15.9. The van der Waals surface area contributed by atoms with Crippen molar-refractivity contribution >= 4 is 22.9 Å². The average molecular weight is 331 g/mol. The summed E-state index contributed by atoms with van der Waals surface area (Å²) < 4.78 is 10.5. The predicted molar refractivity (Wildman–Crippen MR) is 93.0 cm³/mol. The Balaban J connectivity index is 1.82. The molecule has 0 spiro atoms. The van der Waals surface area contributed by atoms with Crippen molar-refractivity contribution in [3.63, 3.8) is 0 Å². The van der Waals surface area contributed by atoms with E-state index >= 15 is 0 Å². The molecule has 1 unspecified atom stereocenters. The molecule has 1 aliphatic carbocycles. The minimum Gasteiger partial charge on any atom is -0.497 e. The molecule has 1 aromatic carbocycles. The number of aryl methyl sites for hydroxylation is 1. The van der Waals surface area contributed by atoms with E-state index in [4.69, 9.17) is 9.47 Å². The first-order valence-corrected chi connectivity index (χ1v) is 8.57.